The molecule has 1 aromatic rings. The van der Waals surface area contributed by atoms with E-state index >= 15 is 0 Å². The van der Waals surface area contributed by atoms with E-state index in [9.17, 15) is 14.7 Å². The third-order valence-electron chi connectivity index (χ3n) is 2.90. The molecule has 19 heavy (non-hydrogen) atoms. The standard InChI is InChI=1S/C12H12Cl2N2O3/c13-7-4-3-6(10(17)9(7)14)11(18)16-8-2-1-5-15-12(8)19/h3-4,8,17H,1-2,5H2,(H,15,19)(H,16,18). The van der Waals surface area contributed by atoms with Crippen LogP contribution < -0.4 is 10.6 Å². The summed E-state index contributed by atoms with van der Waals surface area (Å²) in [4.78, 5) is 23.5. The van der Waals surface area contributed by atoms with Crippen LogP contribution in [-0.4, -0.2) is 29.5 Å². The van der Waals surface area contributed by atoms with E-state index in [2.05, 4.69) is 10.6 Å². The second-order valence-corrected chi connectivity index (χ2v) is 5.00. The van der Waals surface area contributed by atoms with E-state index in [1.54, 1.807) is 0 Å². The molecule has 0 aliphatic carbocycles. The van der Waals surface area contributed by atoms with E-state index in [1.807, 2.05) is 0 Å². The molecule has 5 nitrogen and oxygen atoms in total. The first-order chi connectivity index (χ1) is 9.00. The highest BCUT2D eigenvalue weighted by Gasteiger charge is 2.25. The SMILES string of the molecule is O=C(NC1CCCNC1=O)c1ccc(Cl)c(Cl)c1O. The van der Waals surface area contributed by atoms with Crippen molar-refractivity contribution in [2.24, 2.45) is 0 Å². The zero-order chi connectivity index (χ0) is 14.0. The summed E-state index contributed by atoms with van der Waals surface area (Å²) in [5.41, 5.74) is -0.00669. The molecule has 0 radical (unpaired) electrons. The minimum Gasteiger partial charge on any atom is -0.505 e. The molecule has 1 atom stereocenters. The number of nitrogens with one attached hydrogen (secondary N) is 2. The number of hydrogen-bond donors (Lipinski definition) is 3. The van der Waals surface area contributed by atoms with Crippen LogP contribution in [0.4, 0.5) is 0 Å². The molecule has 2 amide bonds. The van der Waals surface area contributed by atoms with Gasteiger partial charge in [-0.25, -0.2) is 0 Å². The lowest BCUT2D eigenvalue weighted by molar-refractivity contribution is -0.124. The molecule has 102 valence electrons. The minimum absolute atomic E-state index is 0.00669. The number of halogens is 2. The molecule has 3 N–H and O–H groups in total. The molecule has 7 heteroatoms. The summed E-state index contributed by atoms with van der Waals surface area (Å²) >= 11 is 11.5. The Kier molecular flexibility index (Phi) is 4.17. The van der Waals surface area contributed by atoms with E-state index in [4.69, 9.17) is 23.2 Å². The average molecular weight is 303 g/mol. The van der Waals surface area contributed by atoms with Gasteiger partial charge in [-0.2, -0.15) is 0 Å². The molecule has 1 aliphatic heterocycles. The van der Waals surface area contributed by atoms with Crippen molar-refractivity contribution in [2.45, 2.75) is 18.9 Å². The number of rotatable bonds is 2. The van der Waals surface area contributed by atoms with E-state index in [1.165, 1.54) is 12.1 Å². The van der Waals surface area contributed by atoms with Gasteiger partial charge in [-0.05, 0) is 25.0 Å². The summed E-state index contributed by atoms with van der Waals surface area (Å²) in [5, 5.41) is 15.1. The van der Waals surface area contributed by atoms with Crippen LogP contribution in [0.1, 0.15) is 23.2 Å². The maximum absolute atomic E-state index is 12.0. The second kappa shape index (κ2) is 5.67. The quantitative estimate of drug-likeness (QED) is 0.778. The first-order valence-electron chi connectivity index (χ1n) is 5.76. The fourth-order valence-electron chi connectivity index (χ4n) is 1.87. The Labute approximate surface area is 119 Å². The van der Waals surface area contributed by atoms with E-state index in [0.717, 1.165) is 6.42 Å². The fourth-order valence-corrected chi connectivity index (χ4v) is 2.19. The Morgan fingerprint density at radius 3 is 2.84 bits per heavy atom. The van der Waals surface area contributed by atoms with E-state index < -0.39 is 11.9 Å². The summed E-state index contributed by atoms with van der Waals surface area (Å²) in [7, 11) is 0. The highest BCUT2D eigenvalue weighted by Crippen LogP contribution is 2.34. The van der Waals surface area contributed by atoms with Crippen LogP contribution in [0, 0.1) is 0 Å². The Morgan fingerprint density at radius 2 is 2.16 bits per heavy atom. The maximum atomic E-state index is 12.0. The van der Waals surface area contributed by atoms with Gasteiger partial charge in [0.15, 0.2) is 0 Å². The molecule has 2 rings (SSSR count). The number of phenolic OH excluding ortho intramolecular Hbond substituents is 1. The Morgan fingerprint density at radius 1 is 1.42 bits per heavy atom. The van der Waals surface area contributed by atoms with E-state index in [-0.39, 0.29) is 27.3 Å². The van der Waals surface area contributed by atoms with Crippen LogP contribution in [0.25, 0.3) is 0 Å². The van der Waals surface area contributed by atoms with Crippen LogP contribution in [0.3, 0.4) is 0 Å². The van der Waals surface area contributed by atoms with Crippen LogP contribution in [-0.2, 0) is 4.79 Å². The van der Waals surface area contributed by atoms with Gasteiger partial charge in [0.2, 0.25) is 5.91 Å². The zero-order valence-corrected chi connectivity index (χ0v) is 11.4. The van der Waals surface area contributed by atoms with Crippen molar-refractivity contribution in [2.75, 3.05) is 6.54 Å². The molecule has 0 spiro atoms. The number of phenols is 1. The smallest absolute Gasteiger partial charge is 0.255 e. The molecule has 1 aliphatic rings. The lowest BCUT2D eigenvalue weighted by atomic mass is 10.1. The number of aromatic hydroxyl groups is 1. The summed E-state index contributed by atoms with van der Waals surface area (Å²) in [5.74, 6) is -1.17. The number of carbonyl (C=O) groups excluding carboxylic acids is 2. The predicted octanol–water partition coefficient (Wildman–Crippen LogP) is 1.71. The first kappa shape index (κ1) is 14.0. The lowest BCUT2D eigenvalue weighted by Gasteiger charge is -2.23. The third kappa shape index (κ3) is 2.93. The summed E-state index contributed by atoms with van der Waals surface area (Å²) in [6.45, 7) is 0.614. The van der Waals surface area contributed by atoms with Gasteiger partial charge in [-0.1, -0.05) is 23.2 Å². The molecule has 0 saturated carbocycles. The fraction of sp³-hybridized carbons (Fsp3) is 0.333. The third-order valence-corrected chi connectivity index (χ3v) is 3.70. The summed E-state index contributed by atoms with van der Waals surface area (Å²) in [6, 6.07) is 2.19. The van der Waals surface area contributed by atoms with Gasteiger partial charge in [0.1, 0.15) is 16.8 Å². The second-order valence-electron chi connectivity index (χ2n) is 4.22. The van der Waals surface area contributed by atoms with Gasteiger partial charge >= 0.3 is 0 Å². The highest BCUT2D eigenvalue weighted by atomic mass is 35.5. The number of benzene rings is 1. The highest BCUT2D eigenvalue weighted by molar-refractivity contribution is 6.43. The molecular formula is C12H12Cl2N2O3. The predicted molar refractivity (Wildman–Crippen MR) is 71.6 cm³/mol. The number of hydrogen-bond acceptors (Lipinski definition) is 3. The molecule has 1 fully saturated rings. The molecule has 1 aromatic carbocycles. The molecule has 0 bridgehead atoms. The van der Waals surface area contributed by atoms with Crippen molar-refractivity contribution in [1.29, 1.82) is 0 Å². The largest absolute Gasteiger partial charge is 0.505 e. The van der Waals surface area contributed by atoms with Crippen LogP contribution >= 0.6 is 23.2 Å². The van der Waals surface area contributed by atoms with E-state index in [0.29, 0.717) is 13.0 Å². The van der Waals surface area contributed by atoms with Crippen molar-refractivity contribution in [3.05, 3.63) is 27.7 Å². The lowest BCUT2D eigenvalue weighted by Crippen LogP contribution is -2.50. The first-order valence-corrected chi connectivity index (χ1v) is 6.52. The van der Waals surface area contributed by atoms with Crippen molar-refractivity contribution >= 4 is 35.0 Å². The minimum atomic E-state index is -0.588. The van der Waals surface area contributed by atoms with Gasteiger partial charge in [-0.3, -0.25) is 9.59 Å². The van der Waals surface area contributed by atoms with Gasteiger partial charge in [0.25, 0.3) is 5.91 Å². The monoisotopic (exact) mass is 302 g/mol. The van der Waals surface area contributed by atoms with Crippen LogP contribution in [0.2, 0.25) is 10.0 Å². The zero-order valence-electron chi connectivity index (χ0n) is 9.87. The number of amides is 2. The summed E-state index contributed by atoms with van der Waals surface area (Å²) in [6.07, 6.45) is 1.36. The molecule has 1 saturated heterocycles. The van der Waals surface area contributed by atoms with Crippen molar-refractivity contribution in [1.82, 2.24) is 10.6 Å². The Hall–Kier alpha value is -1.46. The van der Waals surface area contributed by atoms with Crippen molar-refractivity contribution in [3.63, 3.8) is 0 Å². The van der Waals surface area contributed by atoms with Gasteiger partial charge in [-0.15, -0.1) is 0 Å². The molecule has 1 heterocycles. The van der Waals surface area contributed by atoms with Gasteiger partial charge in [0, 0.05) is 6.54 Å². The maximum Gasteiger partial charge on any atom is 0.255 e. The Bertz CT molecular complexity index is 534. The molecule has 1 unspecified atom stereocenters. The molecule has 0 aromatic heterocycles. The number of piperidine rings is 1. The summed E-state index contributed by atoms with van der Waals surface area (Å²) < 4.78 is 0. The van der Waals surface area contributed by atoms with Crippen molar-refractivity contribution < 1.29 is 14.7 Å². The Balaban J connectivity index is 2.16. The normalized spacial score (nSPS) is 18.8. The van der Waals surface area contributed by atoms with Gasteiger partial charge < -0.3 is 15.7 Å². The van der Waals surface area contributed by atoms with Crippen LogP contribution in [0.5, 0.6) is 5.75 Å². The van der Waals surface area contributed by atoms with Crippen molar-refractivity contribution in [3.8, 4) is 5.75 Å². The number of carbonyl (C=O) groups is 2. The average Bonchev–Trinajstić information content (AvgIpc) is 2.39. The van der Waals surface area contributed by atoms with Crippen LogP contribution in [0.15, 0.2) is 12.1 Å². The topological polar surface area (TPSA) is 78.4 Å². The molecular weight excluding hydrogens is 291 g/mol. The van der Waals surface area contributed by atoms with Gasteiger partial charge in [0.05, 0.1) is 10.6 Å².